The molecule has 0 fully saturated rings. The number of aryl methyl sites for hydroxylation is 1. The second-order valence-corrected chi connectivity index (χ2v) is 9.82. The molecule has 2 aromatic carbocycles. The molecule has 0 bridgehead atoms. The van der Waals surface area contributed by atoms with Crippen molar-refractivity contribution in [2.75, 3.05) is 12.4 Å². The molecule has 2 heterocycles. The number of rotatable bonds is 5. The fraction of sp³-hybridized carbons (Fsp3) is 0.250. The number of hydrogen-bond acceptors (Lipinski definition) is 5. The molecule has 210 valence electrons. The lowest BCUT2D eigenvalue weighted by Gasteiger charge is -2.46. The molecule has 0 saturated heterocycles. The standard InChI is InChI=1S/C28H25F5N4O3/c1-15-8-10-20(18(12-15)16-9-11-21(34-13-16)28(31,32)33)35-25(39)22-24(38)27(2,3)36(4)37(26(22)40)14-17-6-5-7-19(29)23(17)30/h5-13,38H,14H2,1-4H3,(H,35,39). The van der Waals surface area contributed by atoms with Crippen molar-refractivity contribution in [3.05, 3.63) is 94.5 Å². The van der Waals surface area contributed by atoms with Crippen LogP contribution in [-0.2, 0) is 22.3 Å². The smallest absolute Gasteiger partial charge is 0.433 e. The number of pyridine rings is 1. The maximum Gasteiger partial charge on any atom is 0.433 e. The van der Waals surface area contributed by atoms with E-state index >= 15 is 0 Å². The summed E-state index contributed by atoms with van der Waals surface area (Å²) in [6.07, 6.45) is -3.61. The number of anilines is 1. The van der Waals surface area contributed by atoms with Gasteiger partial charge in [0.1, 0.15) is 17.0 Å². The Morgan fingerprint density at radius 1 is 1.10 bits per heavy atom. The predicted molar refractivity (Wildman–Crippen MR) is 136 cm³/mol. The van der Waals surface area contributed by atoms with Crippen molar-refractivity contribution in [2.45, 2.75) is 39.0 Å². The quantitative estimate of drug-likeness (QED) is 0.306. The zero-order chi connectivity index (χ0) is 29.6. The van der Waals surface area contributed by atoms with Gasteiger partial charge in [-0.05, 0) is 45.0 Å². The maximum absolute atomic E-state index is 14.4. The molecule has 4 rings (SSSR count). The highest BCUT2D eigenvalue weighted by Gasteiger charge is 2.46. The summed E-state index contributed by atoms with van der Waals surface area (Å²) in [6, 6.07) is 10.3. The number of benzene rings is 2. The van der Waals surface area contributed by atoms with Gasteiger partial charge in [0.15, 0.2) is 11.6 Å². The number of likely N-dealkylation sites (N-methyl/N-ethyl adjacent to an activating group) is 1. The molecule has 0 radical (unpaired) electrons. The fourth-order valence-corrected chi connectivity index (χ4v) is 4.25. The molecular weight excluding hydrogens is 535 g/mol. The Morgan fingerprint density at radius 2 is 1.80 bits per heavy atom. The van der Waals surface area contributed by atoms with Crippen LogP contribution < -0.4 is 5.32 Å². The van der Waals surface area contributed by atoms with Crippen molar-refractivity contribution in [3.8, 4) is 11.1 Å². The van der Waals surface area contributed by atoms with E-state index < -0.39 is 58.7 Å². The Bertz CT molecular complexity index is 1520. The lowest BCUT2D eigenvalue weighted by Crippen LogP contribution is -2.60. The van der Waals surface area contributed by atoms with Gasteiger partial charge < -0.3 is 10.4 Å². The highest BCUT2D eigenvalue weighted by atomic mass is 19.4. The fourth-order valence-electron chi connectivity index (χ4n) is 4.25. The van der Waals surface area contributed by atoms with Crippen LogP contribution in [0.1, 0.15) is 30.7 Å². The average molecular weight is 561 g/mol. The van der Waals surface area contributed by atoms with Gasteiger partial charge in [0.25, 0.3) is 11.8 Å². The molecule has 1 aliphatic rings. The predicted octanol–water partition coefficient (Wildman–Crippen LogP) is 5.77. The Kier molecular flexibility index (Phi) is 7.41. The maximum atomic E-state index is 14.4. The van der Waals surface area contributed by atoms with E-state index in [4.69, 9.17) is 0 Å². The molecule has 1 aliphatic heterocycles. The number of aliphatic hydroxyl groups excluding tert-OH is 1. The molecule has 0 unspecified atom stereocenters. The van der Waals surface area contributed by atoms with Crippen LogP contribution in [0.15, 0.2) is 66.1 Å². The van der Waals surface area contributed by atoms with Gasteiger partial charge in [0.2, 0.25) is 0 Å². The van der Waals surface area contributed by atoms with Gasteiger partial charge in [-0.25, -0.2) is 13.8 Å². The summed E-state index contributed by atoms with van der Waals surface area (Å²) in [7, 11) is 1.45. The third kappa shape index (κ3) is 5.26. The van der Waals surface area contributed by atoms with Crippen LogP contribution in [0.4, 0.5) is 27.6 Å². The van der Waals surface area contributed by atoms with E-state index in [2.05, 4.69) is 10.3 Å². The monoisotopic (exact) mass is 560 g/mol. The van der Waals surface area contributed by atoms with Gasteiger partial charge in [-0.3, -0.25) is 19.6 Å². The van der Waals surface area contributed by atoms with Crippen molar-refractivity contribution in [1.82, 2.24) is 15.0 Å². The number of aromatic nitrogens is 1. The zero-order valence-corrected chi connectivity index (χ0v) is 21.9. The van der Waals surface area contributed by atoms with Crippen molar-refractivity contribution >= 4 is 17.5 Å². The Balaban J connectivity index is 1.70. The first kappa shape index (κ1) is 28.7. The van der Waals surface area contributed by atoms with E-state index in [9.17, 15) is 36.6 Å². The van der Waals surface area contributed by atoms with Gasteiger partial charge in [-0.1, -0.05) is 29.8 Å². The SMILES string of the molecule is Cc1ccc(NC(=O)C2=C(O)C(C)(C)N(C)N(Cc3cccc(F)c3F)C2=O)c(-c2ccc(C(F)(F)F)nc2)c1. The number of alkyl halides is 3. The molecule has 2 amide bonds. The number of halogens is 5. The third-order valence-electron chi connectivity index (χ3n) is 6.80. The molecule has 7 nitrogen and oxygen atoms in total. The number of aliphatic hydroxyl groups is 1. The number of carbonyl (C=O) groups excluding carboxylic acids is 2. The summed E-state index contributed by atoms with van der Waals surface area (Å²) >= 11 is 0. The third-order valence-corrected chi connectivity index (χ3v) is 6.80. The van der Waals surface area contributed by atoms with Gasteiger partial charge in [-0.15, -0.1) is 0 Å². The summed E-state index contributed by atoms with van der Waals surface area (Å²) in [4.78, 5) is 30.4. The van der Waals surface area contributed by atoms with Crippen LogP contribution >= 0.6 is 0 Å². The van der Waals surface area contributed by atoms with Crippen molar-refractivity contribution in [1.29, 1.82) is 0 Å². The second kappa shape index (κ2) is 10.3. The minimum absolute atomic E-state index is 0.143. The minimum atomic E-state index is -4.63. The van der Waals surface area contributed by atoms with Gasteiger partial charge in [0.05, 0.1) is 12.1 Å². The first-order chi connectivity index (χ1) is 18.6. The van der Waals surface area contributed by atoms with Crippen molar-refractivity contribution < 1.29 is 36.6 Å². The normalized spacial score (nSPS) is 15.9. The van der Waals surface area contributed by atoms with Crippen LogP contribution in [0, 0.1) is 18.6 Å². The molecule has 0 saturated carbocycles. The van der Waals surface area contributed by atoms with Crippen LogP contribution in [0.25, 0.3) is 11.1 Å². The Morgan fingerprint density at radius 3 is 2.42 bits per heavy atom. The highest BCUT2D eigenvalue weighted by Crippen LogP contribution is 2.35. The van der Waals surface area contributed by atoms with Crippen molar-refractivity contribution in [3.63, 3.8) is 0 Å². The molecule has 0 spiro atoms. The number of nitrogens with zero attached hydrogens (tertiary/aromatic N) is 3. The van der Waals surface area contributed by atoms with E-state index in [1.54, 1.807) is 19.1 Å². The topological polar surface area (TPSA) is 85.8 Å². The number of carbonyl (C=O) groups is 2. The van der Waals surface area contributed by atoms with Crippen LogP contribution in [0.3, 0.4) is 0 Å². The van der Waals surface area contributed by atoms with Crippen LogP contribution in [-0.4, -0.2) is 44.5 Å². The molecule has 3 aromatic rings. The second-order valence-electron chi connectivity index (χ2n) is 9.82. The van der Waals surface area contributed by atoms with Gasteiger partial charge >= 0.3 is 6.18 Å². The summed E-state index contributed by atoms with van der Waals surface area (Å²) in [6.45, 7) is 4.37. The van der Waals surface area contributed by atoms with Gasteiger partial charge in [0, 0.05) is 35.6 Å². The molecule has 0 aliphatic carbocycles. The summed E-state index contributed by atoms with van der Waals surface area (Å²) < 4.78 is 67.2. The number of hydrogen-bond donors (Lipinski definition) is 2. The van der Waals surface area contributed by atoms with Gasteiger partial charge in [-0.2, -0.15) is 13.2 Å². The zero-order valence-electron chi connectivity index (χ0n) is 21.9. The van der Waals surface area contributed by atoms with E-state index in [0.29, 0.717) is 5.56 Å². The highest BCUT2D eigenvalue weighted by molar-refractivity contribution is 6.24. The van der Waals surface area contributed by atoms with Crippen LogP contribution in [0.2, 0.25) is 0 Å². The first-order valence-electron chi connectivity index (χ1n) is 12.0. The first-order valence-corrected chi connectivity index (χ1v) is 12.0. The number of amides is 2. The summed E-state index contributed by atoms with van der Waals surface area (Å²) in [5.41, 5.74) is -1.70. The summed E-state index contributed by atoms with van der Waals surface area (Å²) in [5, 5.41) is 15.9. The van der Waals surface area contributed by atoms with E-state index in [-0.39, 0.29) is 16.8 Å². The Hall–Kier alpha value is -4.32. The molecular formula is C28H25F5N4O3. The number of nitrogens with one attached hydrogen (secondary N) is 1. The summed E-state index contributed by atoms with van der Waals surface area (Å²) in [5.74, 6) is -4.78. The average Bonchev–Trinajstić information content (AvgIpc) is 2.89. The molecule has 40 heavy (non-hydrogen) atoms. The lowest BCUT2D eigenvalue weighted by atomic mass is 9.93. The number of hydrazine groups is 1. The van der Waals surface area contributed by atoms with E-state index in [0.717, 1.165) is 28.9 Å². The van der Waals surface area contributed by atoms with E-state index in [1.807, 2.05) is 0 Å². The largest absolute Gasteiger partial charge is 0.509 e. The Labute approximate surface area is 226 Å². The molecule has 0 atom stereocenters. The molecule has 2 N–H and O–H groups in total. The van der Waals surface area contributed by atoms with E-state index in [1.165, 1.54) is 50.2 Å². The molecule has 12 heteroatoms. The lowest BCUT2D eigenvalue weighted by molar-refractivity contribution is -0.160. The van der Waals surface area contributed by atoms with Crippen LogP contribution in [0.5, 0.6) is 0 Å². The molecule has 1 aromatic heterocycles. The van der Waals surface area contributed by atoms with Crippen molar-refractivity contribution in [2.24, 2.45) is 0 Å². The minimum Gasteiger partial charge on any atom is -0.509 e.